The highest BCUT2D eigenvalue weighted by Gasteiger charge is 2.14. The minimum atomic E-state index is -0.145. The number of carbonyl (C=O) groups is 1. The highest BCUT2D eigenvalue weighted by molar-refractivity contribution is 6.07. The van der Waals surface area contributed by atoms with Crippen LogP contribution in [0.4, 0.5) is 11.5 Å². The van der Waals surface area contributed by atoms with Gasteiger partial charge in [0, 0.05) is 26.0 Å². The van der Waals surface area contributed by atoms with Gasteiger partial charge in [0.05, 0.1) is 5.56 Å². The number of benzene rings is 1. The third-order valence-electron chi connectivity index (χ3n) is 3.80. The van der Waals surface area contributed by atoms with Crippen molar-refractivity contribution in [3.8, 4) is 0 Å². The van der Waals surface area contributed by atoms with Crippen LogP contribution in [0.15, 0.2) is 42.6 Å². The first-order chi connectivity index (χ1) is 10.5. The Balaban J connectivity index is 2.16. The fourth-order valence-corrected chi connectivity index (χ4v) is 2.26. The van der Waals surface area contributed by atoms with E-state index in [2.05, 4.69) is 36.3 Å². The van der Waals surface area contributed by atoms with Crippen molar-refractivity contribution in [1.29, 1.82) is 0 Å². The molecule has 4 nitrogen and oxygen atoms in total. The molecule has 1 amide bonds. The number of hydrogen-bond acceptors (Lipinski definition) is 3. The zero-order valence-corrected chi connectivity index (χ0v) is 13.6. The van der Waals surface area contributed by atoms with E-state index in [1.807, 2.05) is 31.1 Å². The standard InChI is InChI=1S/C18H23N3O/c1-5-13(2)14-8-10-15(11-9-14)20-18(22)16-7-6-12-19-17(16)21(3)4/h6-13H,5H2,1-4H3,(H,20,22)/t13-/m1/s1. The number of carbonyl (C=O) groups excluding carboxylic acids is 1. The number of amides is 1. The molecule has 1 aromatic heterocycles. The highest BCUT2D eigenvalue weighted by atomic mass is 16.1. The van der Waals surface area contributed by atoms with Crippen molar-refractivity contribution in [2.24, 2.45) is 0 Å². The number of nitrogens with one attached hydrogen (secondary N) is 1. The van der Waals surface area contributed by atoms with Gasteiger partial charge in [-0.05, 0) is 42.2 Å². The molecule has 1 atom stereocenters. The summed E-state index contributed by atoms with van der Waals surface area (Å²) in [7, 11) is 3.75. The lowest BCUT2D eigenvalue weighted by Gasteiger charge is -2.15. The minimum Gasteiger partial charge on any atom is -0.362 e. The second-order valence-corrected chi connectivity index (χ2v) is 5.65. The molecular weight excluding hydrogens is 274 g/mol. The fraction of sp³-hybridized carbons (Fsp3) is 0.333. The molecule has 0 bridgehead atoms. The van der Waals surface area contributed by atoms with Gasteiger partial charge in [0.25, 0.3) is 5.91 Å². The molecule has 0 aliphatic heterocycles. The Bertz CT molecular complexity index is 635. The van der Waals surface area contributed by atoms with E-state index < -0.39 is 0 Å². The Morgan fingerprint density at radius 2 is 1.91 bits per heavy atom. The van der Waals surface area contributed by atoms with Crippen molar-refractivity contribution in [3.63, 3.8) is 0 Å². The minimum absolute atomic E-state index is 0.145. The van der Waals surface area contributed by atoms with Gasteiger partial charge < -0.3 is 10.2 Å². The third-order valence-corrected chi connectivity index (χ3v) is 3.80. The Morgan fingerprint density at radius 1 is 1.23 bits per heavy atom. The largest absolute Gasteiger partial charge is 0.362 e. The van der Waals surface area contributed by atoms with Gasteiger partial charge in [0.2, 0.25) is 0 Å². The lowest BCUT2D eigenvalue weighted by Crippen LogP contribution is -2.19. The van der Waals surface area contributed by atoms with Crippen LogP contribution in [0.3, 0.4) is 0 Å². The van der Waals surface area contributed by atoms with E-state index in [1.165, 1.54) is 5.56 Å². The lowest BCUT2D eigenvalue weighted by atomic mass is 9.98. The van der Waals surface area contributed by atoms with Crippen molar-refractivity contribution in [3.05, 3.63) is 53.7 Å². The van der Waals surface area contributed by atoms with Gasteiger partial charge >= 0.3 is 0 Å². The van der Waals surface area contributed by atoms with Gasteiger partial charge in [0.15, 0.2) is 0 Å². The molecule has 2 rings (SSSR count). The zero-order valence-electron chi connectivity index (χ0n) is 13.6. The predicted molar refractivity (Wildman–Crippen MR) is 91.7 cm³/mol. The summed E-state index contributed by atoms with van der Waals surface area (Å²) >= 11 is 0. The average molecular weight is 297 g/mol. The van der Waals surface area contributed by atoms with E-state index in [9.17, 15) is 4.79 Å². The summed E-state index contributed by atoms with van der Waals surface area (Å²) in [5.74, 6) is 1.05. The van der Waals surface area contributed by atoms with Crippen molar-refractivity contribution in [2.75, 3.05) is 24.3 Å². The van der Waals surface area contributed by atoms with Crippen LogP contribution in [0.1, 0.15) is 42.1 Å². The first-order valence-electron chi connectivity index (χ1n) is 7.56. The van der Waals surface area contributed by atoms with E-state index >= 15 is 0 Å². The number of pyridine rings is 1. The summed E-state index contributed by atoms with van der Waals surface area (Å²) in [6.07, 6.45) is 2.79. The summed E-state index contributed by atoms with van der Waals surface area (Å²) < 4.78 is 0. The van der Waals surface area contributed by atoms with Crippen LogP contribution >= 0.6 is 0 Å². The van der Waals surface area contributed by atoms with Crippen molar-refractivity contribution < 1.29 is 4.79 Å². The molecule has 0 aliphatic carbocycles. The van der Waals surface area contributed by atoms with Gasteiger partial charge in [-0.2, -0.15) is 0 Å². The normalized spacial score (nSPS) is 11.8. The molecule has 4 heteroatoms. The molecule has 0 spiro atoms. The molecule has 2 aromatic rings. The predicted octanol–water partition coefficient (Wildman–Crippen LogP) is 3.91. The van der Waals surface area contributed by atoms with Crippen molar-refractivity contribution in [2.45, 2.75) is 26.2 Å². The lowest BCUT2D eigenvalue weighted by molar-refractivity contribution is 0.102. The van der Waals surface area contributed by atoms with Crippen LogP contribution in [0, 0.1) is 0 Å². The molecule has 0 aliphatic rings. The summed E-state index contributed by atoms with van der Waals surface area (Å²) in [5.41, 5.74) is 2.65. The van der Waals surface area contributed by atoms with Crippen molar-refractivity contribution in [1.82, 2.24) is 4.98 Å². The van der Waals surface area contributed by atoms with Gasteiger partial charge in [-0.15, -0.1) is 0 Å². The van der Waals surface area contributed by atoms with Crippen LogP contribution in [0.5, 0.6) is 0 Å². The Kier molecular flexibility index (Phi) is 5.15. The number of aromatic nitrogens is 1. The maximum atomic E-state index is 12.4. The van der Waals surface area contributed by atoms with E-state index in [1.54, 1.807) is 18.3 Å². The van der Waals surface area contributed by atoms with Gasteiger partial charge in [-0.3, -0.25) is 4.79 Å². The molecular formula is C18H23N3O. The molecule has 1 N–H and O–H groups in total. The monoisotopic (exact) mass is 297 g/mol. The Morgan fingerprint density at radius 3 is 2.50 bits per heavy atom. The smallest absolute Gasteiger partial charge is 0.259 e. The van der Waals surface area contributed by atoms with Crippen molar-refractivity contribution >= 4 is 17.4 Å². The number of anilines is 2. The molecule has 22 heavy (non-hydrogen) atoms. The molecule has 0 radical (unpaired) electrons. The first kappa shape index (κ1) is 16.0. The molecule has 116 valence electrons. The maximum absolute atomic E-state index is 12.4. The summed E-state index contributed by atoms with van der Waals surface area (Å²) in [6.45, 7) is 4.37. The second-order valence-electron chi connectivity index (χ2n) is 5.65. The Labute approximate surface area is 132 Å². The molecule has 0 fully saturated rings. The number of nitrogens with zero attached hydrogens (tertiary/aromatic N) is 2. The average Bonchev–Trinajstić information content (AvgIpc) is 2.54. The van der Waals surface area contributed by atoms with E-state index in [4.69, 9.17) is 0 Å². The summed E-state index contributed by atoms with van der Waals surface area (Å²) in [5, 5.41) is 2.93. The van der Waals surface area contributed by atoms with Gasteiger partial charge in [-0.1, -0.05) is 26.0 Å². The van der Waals surface area contributed by atoms with Crippen LogP contribution < -0.4 is 10.2 Å². The SMILES string of the molecule is CC[C@@H](C)c1ccc(NC(=O)c2cccnc2N(C)C)cc1. The van der Waals surface area contributed by atoms with Gasteiger partial charge in [-0.25, -0.2) is 4.98 Å². The van der Waals surface area contributed by atoms with E-state index in [0.29, 0.717) is 17.3 Å². The van der Waals surface area contributed by atoms with E-state index in [0.717, 1.165) is 12.1 Å². The van der Waals surface area contributed by atoms with Crippen LogP contribution in [-0.4, -0.2) is 25.0 Å². The summed E-state index contributed by atoms with van der Waals surface area (Å²) in [4.78, 5) is 18.5. The molecule has 0 saturated heterocycles. The molecule has 0 saturated carbocycles. The van der Waals surface area contributed by atoms with Crippen LogP contribution in [0.2, 0.25) is 0 Å². The van der Waals surface area contributed by atoms with E-state index in [-0.39, 0.29) is 5.91 Å². The summed E-state index contributed by atoms with van der Waals surface area (Å²) in [6, 6.07) is 11.6. The zero-order chi connectivity index (χ0) is 16.1. The van der Waals surface area contributed by atoms with Crippen LogP contribution in [0.25, 0.3) is 0 Å². The molecule has 1 heterocycles. The van der Waals surface area contributed by atoms with Crippen LogP contribution in [-0.2, 0) is 0 Å². The number of hydrogen-bond donors (Lipinski definition) is 1. The Hall–Kier alpha value is -2.36. The quantitative estimate of drug-likeness (QED) is 0.910. The topological polar surface area (TPSA) is 45.2 Å². The number of rotatable bonds is 5. The molecule has 0 unspecified atom stereocenters. The highest BCUT2D eigenvalue weighted by Crippen LogP contribution is 2.21. The first-order valence-corrected chi connectivity index (χ1v) is 7.56. The van der Waals surface area contributed by atoms with Gasteiger partial charge in [0.1, 0.15) is 5.82 Å². The second kappa shape index (κ2) is 7.07. The fourth-order valence-electron chi connectivity index (χ4n) is 2.26. The maximum Gasteiger partial charge on any atom is 0.259 e. The molecule has 1 aromatic carbocycles. The third kappa shape index (κ3) is 3.64.